The Morgan fingerprint density at radius 1 is 0.792 bits per heavy atom. The van der Waals surface area contributed by atoms with Gasteiger partial charge < -0.3 is 28.4 Å². The number of benzene rings is 1. The molecule has 0 N–H and O–H groups in total. The van der Waals surface area contributed by atoms with Gasteiger partial charge in [-0.15, -0.1) is 0 Å². The molecule has 256 valence electrons. The van der Waals surface area contributed by atoms with Crippen molar-refractivity contribution in [3.63, 3.8) is 0 Å². The first-order chi connectivity index (χ1) is 22.9. The van der Waals surface area contributed by atoms with E-state index in [0.717, 1.165) is 42.4 Å². The number of fused-ring (bicyclic) bond motifs is 1. The Morgan fingerprint density at radius 3 is 2.15 bits per heavy atom. The van der Waals surface area contributed by atoms with Gasteiger partial charge in [0.15, 0.2) is 5.65 Å². The highest BCUT2D eigenvalue weighted by atomic mass is 28.3. The number of imidazole rings is 1. The first kappa shape index (κ1) is 35.2. The van der Waals surface area contributed by atoms with E-state index in [1.165, 1.54) is 0 Å². The van der Waals surface area contributed by atoms with Crippen LogP contribution in [0.5, 0.6) is 11.5 Å². The second-order valence-electron chi connectivity index (χ2n) is 14.2. The average Bonchev–Trinajstić information content (AvgIpc) is 3.72. The lowest BCUT2D eigenvalue weighted by Crippen LogP contribution is -2.23. The van der Waals surface area contributed by atoms with Gasteiger partial charge in [0.2, 0.25) is 0 Å². The normalized spacial score (nSPS) is 12.1. The third kappa shape index (κ3) is 9.72. The van der Waals surface area contributed by atoms with E-state index in [9.17, 15) is 0 Å². The molecule has 4 heterocycles. The summed E-state index contributed by atoms with van der Waals surface area (Å²) >= 11 is 0. The van der Waals surface area contributed by atoms with Crippen LogP contribution in [0.4, 0.5) is 11.5 Å². The minimum Gasteiger partial charge on any atom is -0.497 e. The molecule has 14 heteroatoms. The first-order valence-corrected chi connectivity index (χ1v) is 23.6. The minimum atomic E-state index is -1.20. The van der Waals surface area contributed by atoms with Crippen molar-refractivity contribution in [1.82, 2.24) is 34.3 Å². The average molecular weight is 689 g/mol. The topological polar surface area (TPSA) is 114 Å². The molecular formula is C34H48N8O4Si2. The smallest absolute Gasteiger partial charge is 0.180 e. The van der Waals surface area contributed by atoms with Gasteiger partial charge in [0.25, 0.3) is 0 Å². The molecule has 0 aliphatic rings. The Hall–Kier alpha value is -4.12. The SMILES string of the molecule is COc1cc(OC)cc(N(Cc2nccn2COCC[Si](C)(C)C)c2ccc3ncc(-c4cnn(COCC[Si](C)(C)C)c4)nc3n2)c1. The largest absolute Gasteiger partial charge is 0.497 e. The summed E-state index contributed by atoms with van der Waals surface area (Å²) in [5.74, 6) is 2.82. The monoisotopic (exact) mass is 688 g/mol. The molecule has 0 saturated heterocycles. The molecule has 5 aromatic rings. The number of anilines is 2. The zero-order chi connectivity index (χ0) is 34.3. The third-order valence-corrected chi connectivity index (χ3v) is 11.2. The summed E-state index contributed by atoms with van der Waals surface area (Å²) in [6.45, 7) is 16.8. The molecule has 0 bridgehead atoms. The number of rotatable bonds is 17. The Kier molecular flexibility index (Phi) is 11.3. The third-order valence-electron chi connectivity index (χ3n) is 7.79. The number of ether oxygens (including phenoxy) is 4. The van der Waals surface area contributed by atoms with Gasteiger partial charge in [-0.3, -0.25) is 4.98 Å². The zero-order valence-electron chi connectivity index (χ0n) is 29.4. The fraction of sp³-hybridized carbons (Fsp3) is 0.441. The molecule has 48 heavy (non-hydrogen) atoms. The van der Waals surface area contributed by atoms with Crippen LogP contribution in [-0.4, -0.2) is 77.9 Å². The van der Waals surface area contributed by atoms with E-state index in [4.69, 9.17) is 33.9 Å². The van der Waals surface area contributed by atoms with Crippen LogP contribution in [0.25, 0.3) is 22.4 Å². The van der Waals surface area contributed by atoms with E-state index < -0.39 is 16.1 Å². The summed E-state index contributed by atoms with van der Waals surface area (Å²) in [6.07, 6.45) is 9.19. The zero-order valence-corrected chi connectivity index (χ0v) is 31.4. The highest BCUT2D eigenvalue weighted by molar-refractivity contribution is 6.76. The van der Waals surface area contributed by atoms with Crippen molar-refractivity contribution in [1.29, 1.82) is 0 Å². The predicted octanol–water partition coefficient (Wildman–Crippen LogP) is 7.06. The molecule has 0 saturated carbocycles. The van der Waals surface area contributed by atoms with Gasteiger partial charge in [0, 0.05) is 71.7 Å². The van der Waals surface area contributed by atoms with Crippen LogP contribution >= 0.6 is 0 Å². The predicted molar refractivity (Wildman–Crippen MR) is 194 cm³/mol. The van der Waals surface area contributed by atoms with Crippen molar-refractivity contribution in [2.24, 2.45) is 0 Å². The van der Waals surface area contributed by atoms with E-state index in [1.54, 1.807) is 37.5 Å². The van der Waals surface area contributed by atoms with Gasteiger partial charge >= 0.3 is 0 Å². The summed E-state index contributed by atoms with van der Waals surface area (Å²) in [4.78, 5) is 21.3. The highest BCUT2D eigenvalue weighted by Gasteiger charge is 2.19. The molecule has 0 amide bonds. The van der Waals surface area contributed by atoms with E-state index >= 15 is 0 Å². The van der Waals surface area contributed by atoms with Crippen LogP contribution in [0.15, 0.2) is 61.3 Å². The van der Waals surface area contributed by atoms with Crippen molar-refractivity contribution in [3.8, 4) is 22.8 Å². The number of hydrogen-bond donors (Lipinski definition) is 0. The second-order valence-corrected chi connectivity index (χ2v) is 25.4. The fourth-order valence-corrected chi connectivity index (χ4v) is 6.34. The molecule has 4 aromatic heterocycles. The van der Waals surface area contributed by atoms with E-state index in [-0.39, 0.29) is 0 Å². The maximum atomic E-state index is 6.07. The lowest BCUT2D eigenvalue weighted by Gasteiger charge is -2.25. The van der Waals surface area contributed by atoms with Crippen LogP contribution < -0.4 is 14.4 Å². The molecule has 0 aliphatic heterocycles. The van der Waals surface area contributed by atoms with Gasteiger partial charge in [0.1, 0.15) is 42.1 Å². The molecule has 1 aromatic carbocycles. The number of pyridine rings is 1. The van der Waals surface area contributed by atoms with Crippen LogP contribution in [0.1, 0.15) is 5.82 Å². The van der Waals surface area contributed by atoms with Crippen LogP contribution in [0.3, 0.4) is 0 Å². The summed E-state index contributed by atoms with van der Waals surface area (Å²) in [5.41, 5.74) is 3.55. The quantitative estimate of drug-likeness (QED) is 0.0743. The Morgan fingerprint density at radius 2 is 1.48 bits per heavy atom. The fourth-order valence-electron chi connectivity index (χ4n) is 4.82. The summed E-state index contributed by atoms with van der Waals surface area (Å²) < 4.78 is 27.0. The highest BCUT2D eigenvalue weighted by Crippen LogP contribution is 2.34. The molecule has 5 rings (SSSR count). The van der Waals surface area contributed by atoms with Crippen molar-refractivity contribution in [2.75, 3.05) is 32.3 Å². The Bertz CT molecular complexity index is 1780. The molecular weight excluding hydrogens is 641 g/mol. The standard InChI is InChI=1S/C34H48N8O4Si2/c1-43-28-17-27(18-29(19-28)44-2)42(23-33-35-11-12-40(33)24-45-13-15-47(3,4)5)32-10-9-30-34(39-32)38-31(21-36-30)26-20-37-41(22-26)25-46-14-16-48(6,7)8/h9-12,17-22H,13-16,23-25H2,1-8H3. The van der Waals surface area contributed by atoms with E-state index in [0.29, 0.717) is 54.2 Å². The first-order valence-electron chi connectivity index (χ1n) is 16.2. The molecule has 0 fully saturated rings. The van der Waals surface area contributed by atoms with E-state index in [1.807, 2.05) is 47.3 Å². The van der Waals surface area contributed by atoms with Crippen LogP contribution in [-0.2, 0) is 29.5 Å². The van der Waals surface area contributed by atoms with Gasteiger partial charge in [0.05, 0.1) is 44.5 Å². The lowest BCUT2D eigenvalue weighted by atomic mass is 10.2. The van der Waals surface area contributed by atoms with Gasteiger partial charge in [-0.05, 0) is 24.2 Å². The number of aromatic nitrogens is 7. The number of hydrogen-bond acceptors (Lipinski definition) is 10. The Balaban J connectivity index is 1.43. The molecule has 0 spiro atoms. The number of methoxy groups -OCH3 is 2. The van der Waals surface area contributed by atoms with E-state index in [2.05, 4.69) is 54.3 Å². The summed E-state index contributed by atoms with van der Waals surface area (Å²) in [5, 5.41) is 4.48. The van der Waals surface area contributed by atoms with Crippen molar-refractivity contribution in [2.45, 2.75) is 71.4 Å². The second kappa shape index (κ2) is 15.4. The van der Waals surface area contributed by atoms with Gasteiger partial charge in [-0.1, -0.05) is 39.3 Å². The van der Waals surface area contributed by atoms with Crippen molar-refractivity contribution in [3.05, 3.63) is 67.1 Å². The van der Waals surface area contributed by atoms with Crippen molar-refractivity contribution < 1.29 is 18.9 Å². The van der Waals surface area contributed by atoms with Crippen LogP contribution in [0, 0.1) is 0 Å². The van der Waals surface area contributed by atoms with Crippen molar-refractivity contribution >= 4 is 38.8 Å². The minimum absolute atomic E-state index is 0.395. The van der Waals surface area contributed by atoms with Gasteiger partial charge in [-0.2, -0.15) is 5.10 Å². The van der Waals surface area contributed by atoms with Crippen LogP contribution in [0.2, 0.25) is 51.4 Å². The molecule has 0 atom stereocenters. The molecule has 0 unspecified atom stereocenters. The number of nitrogens with zero attached hydrogens (tertiary/aromatic N) is 8. The molecule has 12 nitrogen and oxygen atoms in total. The molecule has 0 radical (unpaired) electrons. The molecule has 0 aliphatic carbocycles. The van der Waals surface area contributed by atoms with Gasteiger partial charge in [-0.25, -0.2) is 19.6 Å². The maximum Gasteiger partial charge on any atom is 0.180 e. The lowest BCUT2D eigenvalue weighted by molar-refractivity contribution is 0.0786. The summed E-state index contributed by atoms with van der Waals surface area (Å²) in [6, 6.07) is 11.8. The maximum absolute atomic E-state index is 6.07. The Labute approximate surface area is 285 Å². The summed E-state index contributed by atoms with van der Waals surface area (Å²) in [7, 11) is 0.930.